The van der Waals surface area contributed by atoms with E-state index < -0.39 is 0 Å². The highest BCUT2D eigenvalue weighted by Gasteiger charge is 2.26. The van der Waals surface area contributed by atoms with E-state index in [0.717, 1.165) is 18.5 Å². The van der Waals surface area contributed by atoms with Gasteiger partial charge in [0.15, 0.2) is 0 Å². The summed E-state index contributed by atoms with van der Waals surface area (Å²) in [7, 11) is 0. The van der Waals surface area contributed by atoms with E-state index in [9.17, 15) is 5.26 Å². The third-order valence-electron chi connectivity index (χ3n) is 3.62. The first-order chi connectivity index (χ1) is 9.10. The van der Waals surface area contributed by atoms with Crippen molar-refractivity contribution in [1.29, 1.82) is 5.26 Å². The molecule has 0 aromatic heterocycles. The van der Waals surface area contributed by atoms with Crippen LogP contribution in [0.1, 0.15) is 26.7 Å². The average Bonchev–Trinajstić information content (AvgIpc) is 2.36. The number of nitrogens with zero attached hydrogens (tertiary/aromatic N) is 1. The SMILES string of the molecule is CC1=CC(C)CC(C(C#N)Nc2ccccc2Cl)C1. The first-order valence-corrected chi connectivity index (χ1v) is 7.06. The van der Waals surface area contributed by atoms with Crippen molar-refractivity contribution >= 4 is 17.3 Å². The van der Waals surface area contributed by atoms with Crippen LogP contribution in [0.4, 0.5) is 5.69 Å². The summed E-state index contributed by atoms with van der Waals surface area (Å²) >= 11 is 6.14. The molecule has 1 aliphatic carbocycles. The van der Waals surface area contributed by atoms with Crippen LogP contribution in [-0.2, 0) is 0 Å². The molecule has 19 heavy (non-hydrogen) atoms. The van der Waals surface area contributed by atoms with Crippen molar-refractivity contribution in [2.24, 2.45) is 11.8 Å². The number of halogens is 1. The minimum atomic E-state index is -0.189. The fourth-order valence-corrected chi connectivity index (χ4v) is 3.04. The number of para-hydroxylation sites is 1. The molecule has 0 amide bonds. The third-order valence-corrected chi connectivity index (χ3v) is 3.95. The van der Waals surface area contributed by atoms with Gasteiger partial charge in [-0.3, -0.25) is 0 Å². The molecule has 3 atom stereocenters. The van der Waals surface area contributed by atoms with Gasteiger partial charge in [-0.1, -0.05) is 42.3 Å². The van der Waals surface area contributed by atoms with E-state index in [1.165, 1.54) is 5.57 Å². The Morgan fingerprint density at radius 1 is 1.42 bits per heavy atom. The Hall–Kier alpha value is -1.46. The van der Waals surface area contributed by atoms with Crippen molar-refractivity contribution in [3.05, 3.63) is 40.9 Å². The number of nitrogens with one attached hydrogen (secondary N) is 1. The maximum atomic E-state index is 9.43. The van der Waals surface area contributed by atoms with Crippen LogP contribution < -0.4 is 5.32 Å². The maximum absolute atomic E-state index is 9.43. The molecule has 0 radical (unpaired) electrons. The number of hydrogen-bond acceptors (Lipinski definition) is 2. The topological polar surface area (TPSA) is 35.8 Å². The summed E-state index contributed by atoms with van der Waals surface area (Å²) in [6.45, 7) is 4.35. The summed E-state index contributed by atoms with van der Waals surface area (Å²) in [5, 5.41) is 13.4. The van der Waals surface area contributed by atoms with Crippen molar-refractivity contribution in [1.82, 2.24) is 0 Å². The van der Waals surface area contributed by atoms with Gasteiger partial charge in [0.05, 0.1) is 16.8 Å². The number of benzene rings is 1. The molecule has 3 heteroatoms. The van der Waals surface area contributed by atoms with E-state index in [0.29, 0.717) is 16.9 Å². The van der Waals surface area contributed by atoms with Crippen LogP contribution in [0.2, 0.25) is 5.02 Å². The van der Waals surface area contributed by atoms with Crippen molar-refractivity contribution < 1.29 is 0 Å². The quantitative estimate of drug-likeness (QED) is 0.815. The zero-order valence-corrected chi connectivity index (χ0v) is 12.1. The van der Waals surface area contributed by atoms with Gasteiger partial charge >= 0.3 is 0 Å². The molecule has 0 heterocycles. The van der Waals surface area contributed by atoms with Gasteiger partial charge in [0.2, 0.25) is 0 Å². The smallest absolute Gasteiger partial charge is 0.117 e. The predicted octanol–water partition coefficient (Wildman–Crippen LogP) is 4.64. The fraction of sp³-hybridized carbons (Fsp3) is 0.438. The molecule has 2 rings (SSSR count). The molecule has 0 saturated heterocycles. The molecule has 0 spiro atoms. The Labute approximate surface area is 120 Å². The Balaban J connectivity index is 2.12. The monoisotopic (exact) mass is 274 g/mol. The highest BCUT2D eigenvalue weighted by atomic mass is 35.5. The Bertz CT molecular complexity index is 516. The van der Waals surface area contributed by atoms with Gasteiger partial charge in [-0.05, 0) is 43.7 Å². The molecule has 0 aliphatic heterocycles. The number of nitriles is 1. The van der Waals surface area contributed by atoms with Crippen LogP contribution in [0.25, 0.3) is 0 Å². The van der Waals surface area contributed by atoms with Gasteiger partial charge in [-0.2, -0.15) is 5.26 Å². The molecular weight excluding hydrogens is 256 g/mol. The number of allylic oxidation sites excluding steroid dienone is 2. The molecule has 1 aliphatic rings. The Morgan fingerprint density at radius 2 is 2.16 bits per heavy atom. The van der Waals surface area contributed by atoms with Gasteiger partial charge in [0, 0.05) is 0 Å². The molecule has 1 aromatic carbocycles. The van der Waals surface area contributed by atoms with Crippen LogP contribution in [0.15, 0.2) is 35.9 Å². The van der Waals surface area contributed by atoms with Gasteiger partial charge in [-0.25, -0.2) is 0 Å². The second-order valence-electron chi connectivity index (χ2n) is 5.42. The largest absolute Gasteiger partial charge is 0.368 e. The molecular formula is C16H19ClN2. The summed E-state index contributed by atoms with van der Waals surface area (Å²) < 4.78 is 0. The van der Waals surface area contributed by atoms with E-state index in [4.69, 9.17) is 11.6 Å². The lowest BCUT2D eigenvalue weighted by Gasteiger charge is -2.29. The van der Waals surface area contributed by atoms with Gasteiger partial charge in [-0.15, -0.1) is 0 Å². The van der Waals surface area contributed by atoms with Crippen LogP contribution in [0.3, 0.4) is 0 Å². The fourth-order valence-electron chi connectivity index (χ4n) is 2.85. The lowest BCUT2D eigenvalue weighted by atomic mass is 9.80. The first kappa shape index (κ1) is 14.0. The molecule has 2 nitrogen and oxygen atoms in total. The van der Waals surface area contributed by atoms with E-state index >= 15 is 0 Å². The van der Waals surface area contributed by atoms with E-state index in [-0.39, 0.29) is 6.04 Å². The minimum absolute atomic E-state index is 0.189. The highest BCUT2D eigenvalue weighted by Crippen LogP contribution is 2.32. The normalized spacial score (nSPS) is 24.2. The zero-order chi connectivity index (χ0) is 13.8. The number of anilines is 1. The second-order valence-corrected chi connectivity index (χ2v) is 5.83. The van der Waals surface area contributed by atoms with Crippen LogP contribution in [0.5, 0.6) is 0 Å². The van der Waals surface area contributed by atoms with E-state index in [2.05, 4.69) is 31.3 Å². The van der Waals surface area contributed by atoms with E-state index in [1.807, 2.05) is 24.3 Å². The molecule has 1 N–H and O–H groups in total. The molecule has 3 unspecified atom stereocenters. The molecule has 100 valence electrons. The lowest BCUT2D eigenvalue weighted by Crippen LogP contribution is -2.31. The molecule has 0 bridgehead atoms. The van der Waals surface area contributed by atoms with Crippen LogP contribution in [-0.4, -0.2) is 6.04 Å². The standard InChI is InChI=1S/C16H19ClN2/c1-11-7-12(2)9-13(8-11)16(10-18)19-15-6-4-3-5-14(15)17/h3-7,11,13,16,19H,8-9H2,1-2H3. The van der Waals surface area contributed by atoms with Crippen molar-refractivity contribution in [3.8, 4) is 6.07 Å². The van der Waals surface area contributed by atoms with Crippen molar-refractivity contribution in [3.63, 3.8) is 0 Å². The summed E-state index contributed by atoms with van der Waals surface area (Å²) in [6.07, 6.45) is 4.34. The summed E-state index contributed by atoms with van der Waals surface area (Å²) in [4.78, 5) is 0. The van der Waals surface area contributed by atoms with Gasteiger partial charge in [0.25, 0.3) is 0 Å². The summed E-state index contributed by atoms with van der Waals surface area (Å²) in [6, 6.07) is 9.78. The molecule has 1 aromatic rings. The van der Waals surface area contributed by atoms with Crippen molar-refractivity contribution in [2.75, 3.05) is 5.32 Å². The highest BCUT2D eigenvalue weighted by molar-refractivity contribution is 6.33. The maximum Gasteiger partial charge on any atom is 0.117 e. The first-order valence-electron chi connectivity index (χ1n) is 6.68. The minimum Gasteiger partial charge on any atom is -0.368 e. The summed E-state index contributed by atoms with van der Waals surface area (Å²) in [5.41, 5.74) is 2.22. The van der Waals surface area contributed by atoms with Crippen LogP contribution >= 0.6 is 11.6 Å². The average molecular weight is 275 g/mol. The third kappa shape index (κ3) is 3.52. The number of hydrogen-bond donors (Lipinski definition) is 1. The molecule has 0 fully saturated rings. The lowest BCUT2D eigenvalue weighted by molar-refractivity contribution is 0.388. The summed E-state index contributed by atoms with van der Waals surface area (Å²) in [5.74, 6) is 0.893. The van der Waals surface area contributed by atoms with Gasteiger partial charge < -0.3 is 5.32 Å². The zero-order valence-electron chi connectivity index (χ0n) is 11.4. The van der Waals surface area contributed by atoms with E-state index in [1.54, 1.807) is 0 Å². The number of rotatable bonds is 3. The second kappa shape index (κ2) is 6.12. The molecule has 0 saturated carbocycles. The van der Waals surface area contributed by atoms with Gasteiger partial charge in [0.1, 0.15) is 6.04 Å². The Kier molecular flexibility index (Phi) is 4.50. The Morgan fingerprint density at radius 3 is 2.79 bits per heavy atom. The van der Waals surface area contributed by atoms with Crippen LogP contribution in [0, 0.1) is 23.2 Å². The van der Waals surface area contributed by atoms with Crippen molar-refractivity contribution in [2.45, 2.75) is 32.7 Å². The predicted molar refractivity (Wildman–Crippen MR) is 80.1 cm³/mol.